The lowest BCUT2D eigenvalue weighted by Gasteiger charge is -2.08. The van der Waals surface area contributed by atoms with Crippen molar-refractivity contribution >= 4 is 22.9 Å². The smallest absolute Gasteiger partial charge is 0.233 e. The molecule has 6 heteroatoms. The second kappa shape index (κ2) is 6.00. The van der Waals surface area contributed by atoms with E-state index in [9.17, 15) is 0 Å². The van der Waals surface area contributed by atoms with E-state index in [2.05, 4.69) is 20.3 Å². The average Bonchev–Trinajstić information content (AvgIpc) is 3.05. The summed E-state index contributed by atoms with van der Waals surface area (Å²) in [4.78, 5) is 12.8. The third kappa shape index (κ3) is 2.65. The number of fused-ring (bicyclic) bond motifs is 1. The molecule has 3 heterocycles. The molecule has 1 aromatic carbocycles. The Hall–Kier alpha value is -3.41. The molecule has 0 atom stereocenters. The van der Waals surface area contributed by atoms with Crippen LogP contribution in [0, 0.1) is 0 Å². The van der Waals surface area contributed by atoms with Crippen molar-refractivity contribution in [2.45, 2.75) is 6.54 Å². The Balaban J connectivity index is 1.77. The van der Waals surface area contributed by atoms with Crippen molar-refractivity contribution in [2.24, 2.45) is 0 Å². The monoisotopic (exact) mass is 317 g/mol. The van der Waals surface area contributed by atoms with Gasteiger partial charge in [-0.2, -0.15) is 9.97 Å². The van der Waals surface area contributed by atoms with Gasteiger partial charge in [-0.1, -0.05) is 36.4 Å². The minimum Gasteiger partial charge on any atom is -0.445 e. The number of nitrogens with one attached hydrogen (secondary N) is 1. The SMILES string of the molecule is Nc1nc(NCc2ccccn2)c2c(-c3ccccc3)coc2n1. The zero-order valence-corrected chi connectivity index (χ0v) is 12.8. The number of nitrogens with zero attached hydrogens (tertiary/aromatic N) is 3. The number of anilines is 2. The molecule has 0 spiro atoms. The second-order valence-electron chi connectivity index (χ2n) is 5.30. The standard InChI is InChI=1S/C18H15N5O/c19-18-22-16(21-10-13-8-4-5-9-20-13)15-14(11-24-17(15)23-18)12-6-2-1-3-7-12/h1-9,11H,10H2,(H3,19,21,22,23). The van der Waals surface area contributed by atoms with Crippen molar-refractivity contribution < 1.29 is 4.42 Å². The molecule has 0 amide bonds. The Morgan fingerprint density at radius 2 is 1.83 bits per heavy atom. The predicted octanol–water partition coefficient (Wildman–Crippen LogP) is 3.48. The molecule has 24 heavy (non-hydrogen) atoms. The zero-order chi connectivity index (χ0) is 16.4. The van der Waals surface area contributed by atoms with E-state index < -0.39 is 0 Å². The topological polar surface area (TPSA) is 89.9 Å². The third-order valence-corrected chi connectivity index (χ3v) is 3.70. The fraction of sp³-hybridized carbons (Fsp3) is 0.0556. The van der Waals surface area contributed by atoms with Crippen LogP contribution in [0.1, 0.15) is 5.69 Å². The van der Waals surface area contributed by atoms with Gasteiger partial charge in [0.05, 0.1) is 17.6 Å². The molecular formula is C18H15N5O. The highest BCUT2D eigenvalue weighted by Crippen LogP contribution is 2.34. The lowest BCUT2D eigenvalue weighted by atomic mass is 10.1. The first-order valence-electron chi connectivity index (χ1n) is 7.55. The summed E-state index contributed by atoms with van der Waals surface area (Å²) < 4.78 is 5.59. The van der Waals surface area contributed by atoms with Crippen LogP contribution < -0.4 is 11.1 Å². The van der Waals surface area contributed by atoms with Gasteiger partial charge in [0, 0.05) is 11.8 Å². The molecule has 0 saturated heterocycles. The summed E-state index contributed by atoms with van der Waals surface area (Å²) in [5.74, 6) is 0.802. The van der Waals surface area contributed by atoms with E-state index in [1.165, 1.54) is 0 Å². The molecule has 4 aromatic rings. The van der Waals surface area contributed by atoms with E-state index >= 15 is 0 Å². The van der Waals surface area contributed by atoms with Crippen molar-refractivity contribution in [1.82, 2.24) is 15.0 Å². The summed E-state index contributed by atoms with van der Waals surface area (Å²) in [5.41, 5.74) is 9.13. The quantitative estimate of drug-likeness (QED) is 0.599. The molecule has 0 fully saturated rings. The van der Waals surface area contributed by atoms with Crippen LogP contribution >= 0.6 is 0 Å². The maximum Gasteiger partial charge on any atom is 0.233 e. The lowest BCUT2D eigenvalue weighted by Crippen LogP contribution is -2.06. The molecule has 0 unspecified atom stereocenters. The molecule has 0 bridgehead atoms. The highest BCUT2D eigenvalue weighted by Gasteiger charge is 2.16. The van der Waals surface area contributed by atoms with Gasteiger partial charge in [0.1, 0.15) is 12.1 Å². The molecular weight excluding hydrogens is 302 g/mol. The van der Waals surface area contributed by atoms with E-state index in [1.807, 2.05) is 48.5 Å². The van der Waals surface area contributed by atoms with Crippen molar-refractivity contribution in [2.75, 3.05) is 11.1 Å². The second-order valence-corrected chi connectivity index (χ2v) is 5.30. The summed E-state index contributed by atoms with van der Waals surface area (Å²) in [5, 5.41) is 4.10. The molecule has 3 aromatic heterocycles. The Morgan fingerprint density at radius 1 is 1.00 bits per heavy atom. The first kappa shape index (κ1) is 14.2. The van der Waals surface area contributed by atoms with Crippen LogP contribution in [0.15, 0.2) is 65.4 Å². The van der Waals surface area contributed by atoms with Crippen molar-refractivity contribution in [3.63, 3.8) is 0 Å². The molecule has 4 rings (SSSR count). The first-order chi connectivity index (χ1) is 11.8. The van der Waals surface area contributed by atoms with Crippen LogP contribution in [0.25, 0.3) is 22.2 Å². The fourth-order valence-electron chi connectivity index (χ4n) is 2.59. The van der Waals surface area contributed by atoms with Crippen LogP contribution in [0.3, 0.4) is 0 Å². The Kier molecular flexibility index (Phi) is 3.55. The normalized spacial score (nSPS) is 10.8. The van der Waals surface area contributed by atoms with Gasteiger partial charge >= 0.3 is 0 Å². The van der Waals surface area contributed by atoms with Gasteiger partial charge in [0.15, 0.2) is 0 Å². The maximum absolute atomic E-state index is 5.80. The van der Waals surface area contributed by atoms with E-state index in [4.69, 9.17) is 10.2 Å². The number of aromatic nitrogens is 3. The molecule has 6 nitrogen and oxygen atoms in total. The van der Waals surface area contributed by atoms with Gasteiger partial charge in [0.2, 0.25) is 11.7 Å². The number of benzene rings is 1. The first-order valence-corrected chi connectivity index (χ1v) is 7.55. The number of rotatable bonds is 4. The van der Waals surface area contributed by atoms with E-state index in [-0.39, 0.29) is 5.95 Å². The summed E-state index contributed by atoms with van der Waals surface area (Å²) >= 11 is 0. The van der Waals surface area contributed by atoms with Crippen LogP contribution in [-0.2, 0) is 6.54 Å². The Bertz CT molecular complexity index is 967. The molecule has 0 aliphatic carbocycles. The van der Waals surface area contributed by atoms with Gasteiger partial charge < -0.3 is 15.5 Å². The molecule has 0 saturated carbocycles. The molecule has 118 valence electrons. The summed E-state index contributed by atoms with van der Waals surface area (Å²) in [6, 6.07) is 15.7. The van der Waals surface area contributed by atoms with E-state index in [0.717, 1.165) is 22.2 Å². The summed E-state index contributed by atoms with van der Waals surface area (Å²) in [7, 11) is 0. The predicted molar refractivity (Wildman–Crippen MR) is 93.2 cm³/mol. The van der Waals surface area contributed by atoms with Gasteiger partial charge in [-0.05, 0) is 17.7 Å². The van der Waals surface area contributed by atoms with Crippen LogP contribution in [0.2, 0.25) is 0 Å². The number of hydrogen-bond acceptors (Lipinski definition) is 6. The number of hydrogen-bond donors (Lipinski definition) is 2. The number of furan rings is 1. The Labute approximate surface area is 138 Å². The van der Waals surface area contributed by atoms with Gasteiger partial charge in [-0.25, -0.2) is 0 Å². The molecule has 3 N–H and O–H groups in total. The third-order valence-electron chi connectivity index (χ3n) is 3.70. The number of nitrogen functional groups attached to an aromatic ring is 1. The van der Waals surface area contributed by atoms with Gasteiger partial charge in [-0.15, -0.1) is 0 Å². The van der Waals surface area contributed by atoms with Crippen LogP contribution in [0.5, 0.6) is 0 Å². The fourth-order valence-corrected chi connectivity index (χ4v) is 2.59. The lowest BCUT2D eigenvalue weighted by molar-refractivity contribution is 0.604. The average molecular weight is 317 g/mol. The minimum atomic E-state index is 0.167. The van der Waals surface area contributed by atoms with Crippen molar-refractivity contribution in [1.29, 1.82) is 0 Å². The highest BCUT2D eigenvalue weighted by molar-refractivity contribution is 6.00. The highest BCUT2D eigenvalue weighted by atomic mass is 16.3. The van der Waals surface area contributed by atoms with Crippen LogP contribution in [0.4, 0.5) is 11.8 Å². The van der Waals surface area contributed by atoms with Gasteiger partial charge in [0.25, 0.3) is 0 Å². The van der Waals surface area contributed by atoms with Gasteiger partial charge in [-0.3, -0.25) is 4.98 Å². The van der Waals surface area contributed by atoms with Crippen LogP contribution in [-0.4, -0.2) is 15.0 Å². The van der Waals surface area contributed by atoms with E-state index in [0.29, 0.717) is 18.1 Å². The summed E-state index contributed by atoms with van der Waals surface area (Å²) in [6.45, 7) is 0.534. The molecule has 0 radical (unpaired) electrons. The maximum atomic E-state index is 5.80. The minimum absolute atomic E-state index is 0.167. The molecule has 0 aliphatic rings. The van der Waals surface area contributed by atoms with Crippen molar-refractivity contribution in [3.8, 4) is 11.1 Å². The number of nitrogens with two attached hydrogens (primary N) is 1. The molecule has 0 aliphatic heterocycles. The summed E-state index contributed by atoms with van der Waals surface area (Å²) in [6.07, 6.45) is 3.44. The zero-order valence-electron chi connectivity index (χ0n) is 12.8. The number of pyridine rings is 1. The van der Waals surface area contributed by atoms with Crippen molar-refractivity contribution in [3.05, 3.63) is 66.7 Å². The van der Waals surface area contributed by atoms with E-state index in [1.54, 1.807) is 12.5 Å². The largest absolute Gasteiger partial charge is 0.445 e. The Morgan fingerprint density at radius 3 is 2.62 bits per heavy atom.